The third-order valence-corrected chi connectivity index (χ3v) is 1.53. The van der Waals surface area contributed by atoms with Crippen LogP contribution in [0.1, 0.15) is 6.42 Å². The Balaban J connectivity index is 0. The van der Waals surface area contributed by atoms with Crippen LogP contribution in [0.4, 0.5) is 0 Å². The maximum Gasteiger partial charge on any atom is 0.148 e. The monoisotopic (exact) mass is 156 g/mol. The molecule has 0 aliphatic heterocycles. The molecular formula is C4H7NNaO2S. The summed E-state index contributed by atoms with van der Waals surface area (Å²) in [5.74, 6) is -0.0243. The van der Waals surface area contributed by atoms with Gasteiger partial charge in [0.25, 0.3) is 0 Å². The molecule has 0 aromatic heterocycles. The number of hydrogen-bond acceptors (Lipinski definition) is 3. The van der Waals surface area contributed by atoms with Gasteiger partial charge in [0.05, 0.1) is 11.8 Å². The van der Waals surface area contributed by atoms with Gasteiger partial charge in [-0.25, -0.2) is 8.42 Å². The largest absolute Gasteiger partial charge is 0.229 e. The van der Waals surface area contributed by atoms with Gasteiger partial charge in [0.15, 0.2) is 0 Å². The van der Waals surface area contributed by atoms with E-state index < -0.39 is 9.84 Å². The molecule has 0 saturated carbocycles. The summed E-state index contributed by atoms with van der Waals surface area (Å²) in [6.07, 6.45) is 1.21. The van der Waals surface area contributed by atoms with Crippen molar-refractivity contribution in [1.29, 1.82) is 5.26 Å². The molecule has 0 bridgehead atoms. The zero-order valence-corrected chi connectivity index (χ0v) is 8.40. The maximum atomic E-state index is 10.2. The molecule has 0 aliphatic rings. The normalized spacial score (nSPS) is 9.33. The Kier molecular flexibility index (Phi) is 7.08. The molecule has 0 saturated heterocycles. The number of nitrogens with zero attached hydrogens (tertiary/aromatic N) is 1. The molecule has 0 atom stereocenters. The number of nitriles is 1. The Morgan fingerprint density at radius 1 is 1.56 bits per heavy atom. The fourth-order valence-electron chi connectivity index (χ4n) is 0.231. The van der Waals surface area contributed by atoms with E-state index in [-0.39, 0.29) is 41.7 Å². The molecule has 0 aromatic rings. The fraction of sp³-hybridized carbons (Fsp3) is 0.750. The molecule has 1 radical (unpaired) electrons. The van der Waals surface area contributed by atoms with Crippen molar-refractivity contribution in [2.45, 2.75) is 6.42 Å². The Morgan fingerprint density at radius 3 is 2.11 bits per heavy atom. The summed E-state index contributed by atoms with van der Waals surface area (Å²) in [5.41, 5.74) is 0. The van der Waals surface area contributed by atoms with Crippen LogP contribution in [0.5, 0.6) is 0 Å². The van der Waals surface area contributed by atoms with Crippen molar-refractivity contribution < 1.29 is 8.42 Å². The SMILES string of the molecule is CS(=O)(=O)CCC#N.[Na]. The molecule has 0 unspecified atom stereocenters. The van der Waals surface area contributed by atoms with Crippen molar-refractivity contribution in [1.82, 2.24) is 0 Å². The molecule has 9 heavy (non-hydrogen) atoms. The van der Waals surface area contributed by atoms with Gasteiger partial charge in [0, 0.05) is 42.2 Å². The molecule has 47 valence electrons. The van der Waals surface area contributed by atoms with Gasteiger partial charge in [-0.15, -0.1) is 0 Å². The number of rotatable bonds is 2. The summed E-state index contributed by atoms with van der Waals surface area (Å²) in [7, 11) is -2.91. The van der Waals surface area contributed by atoms with E-state index in [9.17, 15) is 8.42 Å². The smallest absolute Gasteiger partial charge is 0.148 e. The fourth-order valence-corrected chi connectivity index (χ4v) is 0.693. The van der Waals surface area contributed by atoms with Gasteiger partial charge in [0.1, 0.15) is 9.84 Å². The van der Waals surface area contributed by atoms with E-state index in [2.05, 4.69) is 0 Å². The predicted molar refractivity (Wildman–Crippen MR) is 35.7 cm³/mol. The quantitative estimate of drug-likeness (QED) is 0.509. The number of hydrogen-bond donors (Lipinski definition) is 0. The van der Waals surface area contributed by atoms with Gasteiger partial charge in [-0.1, -0.05) is 0 Å². The van der Waals surface area contributed by atoms with Crippen LogP contribution in [0.15, 0.2) is 0 Å². The molecular weight excluding hydrogens is 149 g/mol. The summed E-state index contributed by atoms with van der Waals surface area (Å²) in [5, 5.41) is 7.92. The molecule has 0 heterocycles. The molecule has 0 fully saturated rings. The first-order chi connectivity index (χ1) is 3.56. The average Bonchev–Trinajstić information content (AvgIpc) is 1.59. The Labute approximate surface area is 77.3 Å². The molecule has 0 amide bonds. The van der Waals surface area contributed by atoms with E-state index in [0.717, 1.165) is 6.26 Å². The molecule has 0 aliphatic carbocycles. The van der Waals surface area contributed by atoms with Crippen LogP contribution in [0.2, 0.25) is 0 Å². The summed E-state index contributed by atoms with van der Waals surface area (Å²) in [6, 6.07) is 1.75. The summed E-state index contributed by atoms with van der Waals surface area (Å²) >= 11 is 0. The van der Waals surface area contributed by atoms with Crippen molar-refractivity contribution in [3.8, 4) is 6.07 Å². The van der Waals surface area contributed by atoms with Crippen LogP contribution >= 0.6 is 0 Å². The summed E-state index contributed by atoms with van der Waals surface area (Å²) in [4.78, 5) is 0. The summed E-state index contributed by atoms with van der Waals surface area (Å²) in [6.45, 7) is 0. The van der Waals surface area contributed by atoms with Crippen molar-refractivity contribution in [2.24, 2.45) is 0 Å². The van der Waals surface area contributed by atoms with Gasteiger partial charge < -0.3 is 0 Å². The van der Waals surface area contributed by atoms with Gasteiger partial charge in [-0.2, -0.15) is 5.26 Å². The third-order valence-electron chi connectivity index (χ3n) is 0.585. The summed E-state index contributed by atoms with van der Waals surface area (Å²) < 4.78 is 20.5. The molecule has 0 spiro atoms. The first-order valence-electron chi connectivity index (χ1n) is 2.11. The van der Waals surface area contributed by atoms with E-state index in [1.807, 2.05) is 0 Å². The van der Waals surface area contributed by atoms with E-state index in [1.54, 1.807) is 6.07 Å². The van der Waals surface area contributed by atoms with Crippen LogP contribution in [-0.2, 0) is 9.84 Å². The van der Waals surface area contributed by atoms with E-state index in [0.29, 0.717) is 0 Å². The van der Waals surface area contributed by atoms with Crippen LogP contribution in [0.3, 0.4) is 0 Å². The Morgan fingerprint density at radius 2 is 2.00 bits per heavy atom. The Hall–Kier alpha value is 0.440. The zero-order valence-electron chi connectivity index (χ0n) is 5.59. The first kappa shape index (κ1) is 12.1. The molecule has 3 nitrogen and oxygen atoms in total. The van der Waals surface area contributed by atoms with Crippen LogP contribution < -0.4 is 0 Å². The Bertz CT molecular complexity index is 191. The molecule has 0 N–H and O–H groups in total. The minimum atomic E-state index is -2.91. The second kappa shape index (κ2) is 5.24. The van der Waals surface area contributed by atoms with Crippen molar-refractivity contribution >= 4 is 39.4 Å². The number of sulfone groups is 1. The molecule has 0 aromatic carbocycles. The van der Waals surface area contributed by atoms with E-state index in [1.165, 1.54) is 0 Å². The minimum absolute atomic E-state index is 0. The maximum absolute atomic E-state index is 10.2. The molecule has 0 rings (SSSR count). The van der Waals surface area contributed by atoms with Crippen LogP contribution in [0, 0.1) is 11.3 Å². The van der Waals surface area contributed by atoms with E-state index in [4.69, 9.17) is 5.26 Å². The first-order valence-corrected chi connectivity index (χ1v) is 4.17. The van der Waals surface area contributed by atoms with Crippen molar-refractivity contribution in [2.75, 3.05) is 12.0 Å². The topological polar surface area (TPSA) is 57.9 Å². The standard InChI is InChI=1S/C4H7NO2S.Na/c1-8(6,7)4-2-3-5;/h2,4H2,1H3;. The zero-order chi connectivity index (χ0) is 6.62. The predicted octanol–water partition coefficient (Wildman–Crippen LogP) is -0.436. The van der Waals surface area contributed by atoms with Gasteiger partial charge in [-0.3, -0.25) is 0 Å². The minimum Gasteiger partial charge on any atom is -0.229 e. The van der Waals surface area contributed by atoms with Crippen LogP contribution in [-0.4, -0.2) is 50.0 Å². The molecule has 5 heteroatoms. The van der Waals surface area contributed by atoms with Gasteiger partial charge in [-0.05, 0) is 0 Å². The van der Waals surface area contributed by atoms with Gasteiger partial charge >= 0.3 is 0 Å². The van der Waals surface area contributed by atoms with E-state index >= 15 is 0 Å². The third kappa shape index (κ3) is 11.8. The average molecular weight is 156 g/mol. The van der Waals surface area contributed by atoms with Crippen molar-refractivity contribution in [3.63, 3.8) is 0 Å². The van der Waals surface area contributed by atoms with Crippen molar-refractivity contribution in [3.05, 3.63) is 0 Å². The van der Waals surface area contributed by atoms with Crippen LogP contribution in [0.25, 0.3) is 0 Å². The second-order valence-corrected chi connectivity index (χ2v) is 3.80. The van der Waals surface area contributed by atoms with Gasteiger partial charge in [0.2, 0.25) is 0 Å². The second-order valence-electron chi connectivity index (χ2n) is 1.54.